The summed E-state index contributed by atoms with van der Waals surface area (Å²) in [4.78, 5) is 7.98. The lowest BCUT2D eigenvalue weighted by Crippen LogP contribution is -2.22. The van der Waals surface area contributed by atoms with Crippen molar-refractivity contribution in [3.8, 4) is 0 Å². The average Bonchev–Trinajstić information content (AvgIpc) is 2.54. The number of aromatic nitrogens is 2. The molecule has 0 unspecified atom stereocenters. The van der Waals surface area contributed by atoms with Gasteiger partial charge in [0.15, 0.2) is 0 Å². The van der Waals surface area contributed by atoms with Crippen molar-refractivity contribution in [2.75, 3.05) is 18.0 Å². The Morgan fingerprint density at radius 2 is 2.13 bits per heavy atom. The molecule has 0 fully saturated rings. The van der Waals surface area contributed by atoms with Crippen molar-refractivity contribution >= 4 is 22.9 Å². The summed E-state index contributed by atoms with van der Waals surface area (Å²) in [5.41, 5.74) is 12.9. The van der Waals surface area contributed by atoms with Gasteiger partial charge in [0.2, 0.25) is 11.7 Å². The molecule has 3 heterocycles. The first-order valence-corrected chi connectivity index (χ1v) is 4.79. The number of rotatable bonds is 0. The van der Waals surface area contributed by atoms with E-state index in [-0.39, 0.29) is 5.95 Å². The van der Waals surface area contributed by atoms with Gasteiger partial charge in [0.05, 0.1) is 11.9 Å². The third kappa shape index (κ3) is 1.15. The Bertz CT molecular complexity index is 533. The highest BCUT2D eigenvalue weighted by molar-refractivity contribution is 5.89. The Kier molecular flexibility index (Phi) is 1.60. The van der Waals surface area contributed by atoms with Crippen molar-refractivity contribution in [1.29, 1.82) is 0 Å². The van der Waals surface area contributed by atoms with Crippen molar-refractivity contribution in [2.24, 2.45) is 0 Å². The number of nitrogens with zero attached hydrogens (tertiary/aromatic N) is 2. The number of anilines is 2. The van der Waals surface area contributed by atoms with Crippen LogP contribution < -0.4 is 16.8 Å². The minimum absolute atomic E-state index is 0.152. The van der Waals surface area contributed by atoms with Gasteiger partial charge in [-0.1, -0.05) is 0 Å². The molecule has 0 aromatic carbocycles. The van der Waals surface area contributed by atoms with Gasteiger partial charge in [0.25, 0.3) is 0 Å². The normalized spacial score (nSPS) is 15.5. The van der Waals surface area contributed by atoms with Crippen LogP contribution in [0.3, 0.4) is 0 Å². The number of hydrogen-bond acceptors (Lipinski definition) is 6. The molecule has 0 saturated carbocycles. The second-order valence-corrected chi connectivity index (χ2v) is 3.58. The highest BCUT2D eigenvalue weighted by atomic mass is 16.3. The number of nitrogen functional groups attached to an aromatic ring is 2. The van der Waals surface area contributed by atoms with Crippen molar-refractivity contribution in [2.45, 2.75) is 13.0 Å². The fraction of sp³-hybridized carbons (Fsp3) is 0.333. The zero-order valence-electron chi connectivity index (χ0n) is 8.08. The van der Waals surface area contributed by atoms with Crippen molar-refractivity contribution in [3.63, 3.8) is 0 Å². The Labute approximate surface area is 85.7 Å². The van der Waals surface area contributed by atoms with Crippen LogP contribution in [0.4, 0.5) is 11.8 Å². The highest BCUT2D eigenvalue weighted by Crippen LogP contribution is 2.30. The average molecular weight is 205 g/mol. The van der Waals surface area contributed by atoms with Gasteiger partial charge in [-0.3, -0.25) is 0 Å². The maximum absolute atomic E-state index is 5.81. The van der Waals surface area contributed by atoms with Gasteiger partial charge in [-0.25, -0.2) is 0 Å². The van der Waals surface area contributed by atoms with E-state index in [2.05, 4.69) is 15.3 Å². The molecule has 2 aromatic rings. The zero-order valence-corrected chi connectivity index (χ0v) is 8.08. The fourth-order valence-electron chi connectivity index (χ4n) is 1.97. The van der Waals surface area contributed by atoms with Gasteiger partial charge in [-0.15, -0.1) is 0 Å². The van der Waals surface area contributed by atoms with E-state index in [0.717, 1.165) is 29.7 Å². The molecule has 0 radical (unpaired) electrons. The van der Waals surface area contributed by atoms with Crippen LogP contribution in [-0.4, -0.2) is 16.5 Å². The van der Waals surface area contributed by atoms with Crippen LogP contribution in [0.5, 0.6) is 0 Å². The fourth-order valence-corrected chi connectivity index (χ4v) is 1.97. The van der Waals surface area contributed by atoms with E-state index < -0.39 is 0 Å². The number of hydrogen-bond donors (Lipinski definition) is 3. The summed E-state index contributed by atoms with van der Waals surface area (Å²) in [6, 6.07) is 0. The topological polar surface area (TPSA) is 103 Å². The van der Waals surface area contributed by atoms with Crippen LogP contribution in [0, 0.1) is 0 Å². The molecule has 0 spiro atoms. The van der Waals surface area contributed by atoms with Crippen LogP contribution in [-0.2, 0) is 13.0 Å². The van der Waals surface area contributed by atoms with E-state index in [0.29, 0.717) is 18.1 Å². The predicted octanol–water partition coefficient (Wildman–Crippen LogP) is 0.0329. The number of furan rings is 1. The third-order valence-corrected chi connectivity index (χ3v) is 2.62. The number of nitrogens with two attached hydrogens (primary N) is 2. The second kappa shape index (κ2) is 2.83. The van der Waals surface area contributed by atoms with Crippen LogP contribution in [0.2, 0.25) is 0 Å². The van der Waals surface area contributed by atoms with Gasteiger partial charge in [-0.2, -0.15) is 9.97 Å². The van der Waals surface area contributed by atoms with E-state index in [1.165, 1.54) is 0 Å². The van der Waals surface area contributed by atoms with Gasteiger partial charge in [0.1, 0.15) is 11.6 Å². The van der Waals surface area contributed by atoms with E-state index in [9.17, 15) is 0 Å². The molecule has 0 saturated heterocycles. The molecule has 5 N–H and O–H groups in total. The molecule has 15 heavy (non-hydrogen) atoms. The molecule has 6 nitrogen and oxygen atoms in total. The molecule has 78 valence electrons. The maximum atomic E-state index is 5.81. The summed E-state index contributed by atoms with van der Waals surface area (Å²) in [5.74, 6) is 1.45. The lowest BCUT2D eigenvalue weighted by Gasteiger charge is -2.10. The monoisotopic (exact) mass is 205 g/mol. The first-order valence-electron chi connectivity index (χ1n) is 4.79. The molecule has 1 aliphatic rings. The maximum Gasteiger partial charge on any atom is 0.233 e. The Hall–Kier alpha value is -1.82. The van der Waals surface area contributed by atoms with Crippen molar-refractivity contribution in [1.82, 2.24) is 15.3 Å². The lowest BCUT2D eigenvalue weighted by atomic mass is 10.1. The lowest BCUT2D eigenvalue weighted by molar-refractivity contribution is 0.483. The molecule has 0 aliphatic carbocycles. The molecule has 1 aliphatic heterocycles. The molecular weight excluding hydrogens is 194 g/mol. The van der Waals surface area contributed by atoms with Gasteiger partial charge < -0.3 is 21.2 Å². The molecule has 6 heteroatoms. The largest absolute Gasteiger partial charge is 0.441 e. The Balaban J connectivity index is 2.37. The van der Waals surface area contributed by atoms with E-state index in [1.807, 2.05) is 0 Å². The summed E-state index contributed by atoms with van der Waals surface area (Å²) in [7, 11) is 0. The summed E-state index contributed by atoms with van der Waals surface area (Å²) in [5, 5.41) is 4.04. The number of nitrogens with one attached hydrogen (secondary N) is 1. The predicted molar refractivity (Wildman–Crippen MR) is 56.0 cm³/mol. The minimum atomic E-state index is 0.152. The molecule has 3 rings (SSSR count). The third-order valence-electron chi connectivity index (χ3n) is 2.62. The standard InChI is InChI=1S/C9H11N5O/c10-7-6-4-1-2-12-3-5(4)15-8(6)14-9(11)13-7/h12H,1-3H2,(H4,10,11,13,14). The summed E-state index contributed by atoms with van der Waals surface area (Å²) in [6.45, 7) is 1.64. The van der Waals surface area contributed by atoms with Crippen LogP contribution in [0.25, 0.3) is 11.1 Å². The Morgan fingerprint density at radius 3 is 3.00 bits per heavy atom. The van der Waals surface area contributed by atoms with Crippen LogP contribution >= 0.6 is 0 Å². The first kappa shape index (κ1) is 8.49. The minimum Gasteiger partial charge on any atom is -0.441 e. The first-order chi connectivity index (χ1) is 7.25. The summed E-state index contributed by atoms with van der Waals surface area (Å²) < 4.78 is 5.58. The second-order valence-electron chi connectivity index (χ2n) is 3.58. The molecule has 0 amide bonds. The molecular formula is C9H11N5O. The zero-order chi connectivity index (χ0) is 10.4. The van der Waals surface area contributed by atoms with Crippen LogP contribution in [0.1, 0.15) is 11.3 Å². The molecule has 0 atom stereocenters. The smallest absolute Gasteiger partial charge is 0.233 e. The Morgan fingerprint density at radius 1 is 1.27 bits per heavy atom. The van der Waals surface area contributed by atoms with E-state index >= 15 is 0 Å². The van der Waals surface area contributed by atoms with Gasteiger partial charge in [-0.05, 0) is 13.0 Å². The highest BCUT2D eigenvalue weighted by Gasteiger charge is 2.20. The van der Waals surface area contributed by atoms with Crippen molar-refractivity contribution in [3.05, 3.63) is 11.3 Å². The van der Waals surface area contributed by atoms with Crippen LogP contribution in [0.15, 0.2) is 4.42 Å². The van der Waals surface area contributed by atoms with Gasteiger partial charge in [0, 0.05) is 5.56 Å². The summed E-state index contributed by atoms with van der Waals surface area (Å²) in [6.07, 6.45) is 0.889. The number of fused-ring (bicyclic) bond motifs is 3. The molecule has 2 aromatic heterocycles. The van der Waals surface area contributed by atoms with E-state index in [1.54, 1.807) is 0 Å². The SMILES string of the molecule is Nc1nc(N)c2c3c(oc2n1)CNCC3. The van der Waals surface area contributed by atoms with E-state index in [4.69, 9.17) is 15.9 Å². The van der Waals surface area contributed by atoms with Gasteiger partial charge >= 0.3 is 0 Å². The quantitative estimate of drug-likeness (QED) is 0.560. The van der Waals surface area contributed by atoms with Crippen molar-refractivity contribution < 1.29 is 4.42 Å². The summed E-state index contributed by atoms with van der Waals surface area (Å²) >= 11 is 0. The molecule has 0 bridgehead atoms.